The first-order valence-corrected chi connectivity index (χ1v) is 11.2. The first-order valence-electron chi connectivity index (χ1n) is 9.17. The maximum atomic E-state index is 12.7. The third-order valence-electron chi connectivity index (χ3n) is 5.32. The summed E-state index contributed by atoms with van der Waals surface area (Å²) in [7, 11) is 0. The molecular formula is C21H18ClN3OS2. The van der Waals surface area contributed by atoms with Crippen LogP contribution in [-0.4, -0.2) is 21.4 Å². The molecular weight excluding hydrogens is 410 g/mol. The van der Waals surface area contributed by atoms with E-state index < -0.39 is 0 Å². The Morgan fingerprint density at radius 3 is 2.93 bits per heavy atom. The van der Waals surface area contributed by atoms with E-state index in [4.69, 9.17) is 16.6 Å². The standard InChI is InChI=1S/C21H18ClN3OS2/c1-12-15-7-9-27-17(15)6-8-25(12)11-19-23-16-10-18(28-20(16)21(26)24-19)13-2-4-14(22)5-3-13/h2-5,7,9-10,12H,6,8,11H2,1H3,(H,23,24,26)/t12-/m1/s1. The van der Waals surface area contributed by atoms with Gasteiger partial charge < -0.3 is 4.98 Å². The molecule has 0 unspecified atom stereocenters. The van der Waals surface area contributed by atoms with Crippen molar-refractivity contribution in [2.45, 2.75) is 25.9 Å². The minimum Gasteiger partial charge on any atom is -0.308 e. The van der Waals surface area contributed by atoms with Crippen molar-refractivity contribution >= 4 is 44.5 Å². The molecule has 1 aliphatic heterocycles. The quantitative estimate of drug-likeness (QED) is 0.470. The van der Waals surface area contributed by atoms with E-state index in [-0.39, 0.29) is 5.56 Å². The number of nitrogens with zero attached hydrogens (tertiary/aromatic N) is 2. The van der Waals surface area contributed by atoms with Crippen LogP contribution >= 0.6 is 34.3 Å². The Kier molecular flexibility index (Phi) is 4.59. The van der Waals surface area contributed by atoms with Crippen LogP contribution in [0.4, 0.5) is 0 Å². The first-order chi connectivity index (χ1) is 13.6. The van der Waals surface area contributed by atoms with Crippen molar-refractivity contribution in [1.82, 2.24) is 14.9 Å². The van der Waals surface area contributed by atoms with Gasteiger partial charge in [-0.1, -0.05) is 23.7 Å². The molecule has 1 aromatic carbocycles. The fourth-order valence-corrected chi connectivity index (χ4v) is 5.88. The Hall–Kier alpha value is -1.99. The second-order valence-electron chi connectivity index (χ2n) is 7.04. The molecule has 7 heteroatoms. The van der Waals surface area contributed by atoms with Crippen molar-refractivity contribution < 1.29 is 0 Å². The van der Waals surface area contributed by atoms with E-state index in [0.717, 1.165) is 34.7 Å². The Bertz CT molecular complexity index is 1210. The number of halogens is 1. The number of benzene rings is 1. The normalized spacial score (nSPS) is 17.1. The van der Waals surface area contributed by atoms with Gasteiger partial charge in [0, 0.05) is 27.4 Å². The molecule has 4 nitrogen and oxygen atoms in total. The number of H-pyrrole nitrogens is 1. The number of aromatic nitrogens is 2. The van der Waals surface area contributed by atoms with Crippen molar-refractivity contribution in [2.75, 3.05) is 6.54 Å². The van der Waals surface area contributed by atoms with E-state index in [0.29, 0.717) is 22.3 Å². The fourth-order valence-electron chi connectivity index (χ4n) is 3.79. The third kappa shape index (κ3) is 3.20. The van der Waals surface area contributed by atoms with Gasteiger partial charge in [0.15, 0.2) is 0 Å². The van der Waals surface area contributed by atoms with Gasteiger partial charge in [-0.05, 0) is 54.1 Å². The summed E-state index contributed by atoms with van der Waals surface area (Å²) in [5.74, 6) is 0.725. The van der Waals surface area contributed by atoms with E-state index in [1.54, 1.807) is 0 Å². The Morgan fingerprint density at radius 2 is 2.11 bits per heavy atom. The molecule has 3 aromatic heterocycles. The van der Waals surface area contributed by atoms with Crippen LogP contribution in [0.3, 0.4) is 0 Å². The van der Waals surface area contributed by atoms with Crippen LogP contribution in [0.25, 0.3) is 20.7 Å². The maximum absolute atomic E-state index is 12.7. The minimum absolute atomic E-state index is 0.0638. The lowest BCUT2D eigenvalue weighted by molar-refractivity contribution is 0.186. The van der Waals surface area contributed by atoms with Gasteiger partial charge in [-0.3, -0.25) is 9.69 Å². The highest BCUT2D eigenvalue weighted by Crippen LogP contribution is 2.34. The molecule has 1 atom stereocenters. The molecule has 0 amide bonds. The second-order valence-corrected chi connectivity index (χ2v) is 9.53. The number of hydrogen-bond donors (Lipinski definition) is 1. The summed E-state index contributed by atoms with van der Waals surface area (Å²) in [4.78, 5) is 25.3. The molecule has 142 valence electrons. The topological polar surface area (TPSA) is 49.0 Å². The van der Waals surface area contributed by atoms with E-state index in [9.17, 15) is 4.79 Å². The Morgan fingerprint density at radius 1 is 1.29 bits per heavy atom. The Labute approximate surface area is 175 Å². The molecule has 4 aromatic rings. The van der Waals surface area contributed by atoms with Gasteiger partial charge in [-0.15, -0.1) is 22.7 Å². The fraction of sp³-hybridized carbons (Fsp3) is 0.238. The number of thiophene rings is 2. The van der Waals surface area contributed by atoms with Crippen LogP contribution in [0.5, 0.6) is 0 Å². The number of rotatable bonds is 3. The summed E-state index contributed by atoms with van der Waals surface area (Å²) in [6.07, 6.45) is 1.06. The first kappa shape index (κ1) is 18.1. The molecule has 0 saturated heterocycles. The second kappa shape index (κ2) is 7.12. The van der Waals surface area contributed by atoms with Gasteiger partial charge in [0.25, 0.3) is 5.56 Å². The van der Waals surface area contributed by atoms with Gasteiger partial charge in [0.2, 0.25) is 0 Å². The summed E-state index contributed by atoms with van der Waals surface area (Å²) < 4.78 is 0.667. The molecule has 0 aliphatic carbocycles. The van der Waals surface area contributed by atoms with Crippen LogP contribution in [0, 0.1) is 0 Å². The molecule has 1 N–H and O–H groups in total. The predicted octanol–water partition coefficient (Wildman–Crippen LogP) is 5.49. The molecule has 1 aliphatic rings. The molecule has 5 rings (SSSR count). The van der Waals surface area contributed by atoms with Crippen molar-refractivity contribution in [1.29, 1.82) is 0 Å². The van der Waals surface area contributed by atoms with E-state index in [1.807, 2.05) is 41.7 Å². The van der Waals surface area contributed by atoms with E-state index in [2.05, 4.69) is 28.3 Å². The average molecular weight is 428 g/mol. The minimum atomic E-state index is -0.0638. The highest BCUT2D eigenvalue weighted by atomic mass is 35.5. The average Bonchev–Trinajstić information content (AvgIpc) is 3.32. The summed E-state index contributed by atoms with van der Waals surface area (Å²) in [5, 5.41) is 2.87. The van der Waals surface area contributed by atoms with Gasteiger partial charge in [0.1, 0.15) is 10.5 Å². The molecule has 0 radical (unpaired) electrons. The molecule has 28 heavy (non-hydrogen) atoms. The smallest absolute Gasteiger partial charge is 0.268 e. The van der Waals surface area contributed by atoms with Gasteiger partial charge >= 0.3 is 0 Å². The lowest BCUT2D eigenvalue weighted by Crippen LogP contribution is -2.33. The number of aromatic amines is 1. The zero-order valence-corrected chi connectivity index (χ0v) is 17.6. The zero-order valence-electron chi connectivity index (χ0n) is 15.2. The van der Waals surface area contributed by atoms with Crippen LogP contribution in [0.2, 0.25) is 5.02 Å². The van der Waals surface area contributed by atoms with Gasteiger partial charge in [-0.25, -0.2) is 4.98 Å². The lowest BCUT2D eigenvalue weighted by atomic mass is 10.0. The maximum Gasteiger partial charge on any atom is 0.268 e. The summed E-state index contributed by atoms with van der Waals surface area (Å²) in [5.41, 5.74) is 3.14. The third-order valence-corrected chi connectivity index (χ3v) is 7.74. The zero-order chi connectivity index (χ0) is 19.3. The van der Waals surface area contributed by atoms with Crippen molar-refractivity contribution in [2.24, 2.45) is 0 Å². The summed E-state index contributed by atoms with van der Waals surface area (Å²) in [6, 6.07) is 12.2. The van der Waals surface area contributed by atoms with Gasteiger partial charge in [0.05, 0.1) is 12.1 Å². The van der Waals surface area contributed by atoms with Crippen LogP contribution in [0.1, 0.15) is 29.2 Å². The number of fused-ring (bicyclic) bond motifs is 2. The largest absolute Gasteiger partial charge is 0.308 e. The van der Waals surface area contributed by atoms with E-state index >= 15 is 0 Å². The van der Waals surface area contributed by atoms with Crippen LogP contribution in [-0.2, 0) is 13.0 Å². The van der Waals surface area contributed by atoms with E-state index in [1.165, 1.54) is 21.8 Å². The number of hydrogen-bond acceptors (Lipinski definition) is 5. The predicted molar refractivity (Wildman–Crippen MR) is 118 cm³/mol. The Balaban J connectivity index is 1.46. The van der Waals surface area contributed by atoms with Crippen LogP contribution < -0.4 is 5.56 Å². The SMILES string of the molecule is C[C@@H]1c2ccsc2CCN1Cc1nc2cc(-c3ccc(Cl)cc3)sc2c(=O)[nH]1. The molecule has 0 fully saturated rings. The summed E-state index contributed by atoms with van der Waals surface area (Å²) in [6.45, 7) is 3.86. The van der Waals surface area contributed by atoms with Crippen molar-refractivity contribution in [3.8, 4) is 10.4 Å². The molecule has 4 heterocycles. The lowest BCUT2D eigenvalue weighted by Gasteiger charge is -2.33. The molecule has 0 spiro atoms. The highest BCUT2D eigenvalue weighted by molar-refractivity contribution is 7.22. The number of nitrogens with one attached hydrogen (secondary N) is 1. The van der Waals surface area contributed by atoms with Crippen molar-refractivity contribution in [3.63, 3.8) is 0 Å². The van der Waals surface area contributed by atoms with Crippen LogP contribution in [0.15, 0.2) is 46.6 Å². The highest BCUT2D eigenvalue weighted by Gasteiger charge is 2.25. The van der Waals surface area contributed by atoms with Gasteiger partial charge in [-0.2, -0.15) is 0 Å². The van der Waals surface area contributed by atoms with Crippen molar-refractivity contribution in [3.05, 3.63) is 73.4 Å². The molecule has 0 bridgehead atoms. The summed E-state index contributed by atoms with van der Waals surface area (Å²) >= 11 is 9.29. The molecule has 0 saturated carbocycles. The monoisotopic (exact) mass is 427 g/mol.